The Morgan fingerprint density at radius 3 is 2.55 bits per heavy atom. The summed E-state index contributed by atoms with van der Waals surface area (Å²) in [5, 5.41) is 11.2. The van der Waals surface area contributed by atoms with Crippen LogP contribution in [0.25, 0.3) is 0 Å². The number of amides is 1. The Balaban J connectivity index is 2.66. The lowest BCUT2D eigenvalue weighted by Gasteiger charge is -2.10. The van der Waals surface area contributed by atoms with Gasteiger partial charge in [-0.25, -0.2) is 4.79 Å². The van der Waals surface area contributed by atoms with Crippen molar-refractivity contribution in [1.82, 2.24) is 0 Å². The van der Waals surface area contributed by atoms with E-state index < -0.39 is 31.3 Å². The van der Waals surface area contributed by atoms with Crippen LogP contribution >= 0.6 is 11.6 Å². The molecule has 1 aromatic rings. The first-order valence-corrected chi connectivity index (χ1v) is 5.54. The van der Waals surface area contributed by atoms with Crippen LogP contribution in [0, 0.1) is 0 Å². The Bertz CT molecular complexity index is 519. The number of carboxylic acid groups (broad SMARTS) is 1. The number of hydrogen-bond donors (Lipinski definition) is 2. The van der Waals surface area contributed by atoms with E-state index in [-0.39, 0.29) is 16.3 Å². The first-order valence-electron chi connectivity index (χ1n) is 5.16. The van der Waals surface area contributed by atoms with E-state index in [1.165, 1.54) is 12.1 Å². The average Bonchev–Trinajstić information content (AvgIpc) is 2.26. The predicted octanol–water partition coefficient (Wildman–Crippen LogP) is 2.56. The van der Waals surface area contributed by atoms with E-state index in [0.717, 1.165) is 6.07 Å². The molecule has 110 valence electrons. The van der Waals surface area contributed by atoms with Gasteiger partial charge in [0.05, 0.1) is 11.3 Å². The molecule has 20 heavy (non-hydrogen) atoms. The molecule has 5 nitrogen and oxygen atoms in total. The summed E-state index contributed by atoms with van der Waals surface area (Å²) in [6.45, 7) is -2.42. The number of benzene rings is 1. The van der Waals surface area contributed by atoms with Crippen LogP contribution < -0.4 is 5.32 Å². The van der Waals surface area contributed by atoms with Gasteiger partial charge in [-0.1, -0.05) is 11.6 Å². The molecular formula is C11H9ClF3NO4. The number of rotatable bonds is 5. The second-order valence-electron chi connectivity index (χ2n) is 3.65. The molecule has 2 N–H and O–H groups in total. The van der Waals surface area contributed by atoms with Crippen molar-refractivity contribution in [3.8, 4) is 0 Å². The van der Waals surface area contributed by atoms with E-state index in [1.54, 1.807) is 0 Å². The smallest absolute Gasteiger partial charge is 0.411 e. The molecule has 1 amide bonds. The number of anilines is 1. The van der Waals surface area contributed by atoms with Crippen LogP contribution in [-0.4, -0.2) is 36.4 Å². The van der Waals surface area contributed by atoms with Crippen LogP contribution in [-0.2, 0) is 9.53 Å². The first-order chi connectivity index (χ1) is 9.19. The summed E-state index contributed by atoms with van der Waals surface area (Å²) in [5.74, 6) is -2.23. The second-order valence-corrected chi connectivity index (χ2v) is 4.09. The fourth-order valence-corrected chi connectivity index (χ4v) is 1.42. The number of carboxylic acids is 1. The monoisotopic (exact) mass is 311 g/mol. The standard InChI is InChI=1S/C11H9ClF3NO4/c12-6-1-2-7(10(18)19)8(3-6)16-9(17)4-20-5-11(13,14)15/h1-3H,4-5H2,(H,16,17)(H,18,19). The quantitative estimate of drug-likeness (QED) is 0.876. The van der Waals surface area contributed by atoms with Gasteiger partial charge in [0.15, 0.2) is 0 Å². The van der Waals surface area contributed by atoms with Crippen molar-refractivity contribution in [1.29, 1.82) is 0 Å². The highest BCUT2D eigenvalue weighted by molar-refractivity contribution is 6.31. The predicted molar refractivity (Wildman–Crippen MR) is 63.9 cm³/mol. The summed E-state index contributed by atoms with van der Waals surface area (Å²) in [7, 11) is 0. The molecule has 0 aliphatic rings. The Morgan fingerprint density at radius 2 is 2.00 bits per heavy atom. The van der Waals surface area contributed by atoms with Crippen LogP contribution in [0.3, 0.4) is 0 Å². The van der Waals surface area contributed by atoms with Crippen LogP contribution in [0.1, 0.15) is 10.4 Å². The van der Waals surface area contributed by atoms with Crippen molar-refractivity contribution in [3.05, 3.63) is 28.8 Å². The van der Waals surface area contributed by atoms with Crippen LogP contribution in [0.15, 0.2) is 18.2 Å². The number of carbonyl (C=O) groups excluding carboxylic acids is 1. The first kappa shape index (κ1) is 16.3. The molecule has 0 saturated heterocycles. The number of halogens is 4. The lowest BCUT2D eigenvalue weighted by molar-refractivity contribution is -0.174. The largest absolute Gasteiger partial charge is 0.478 e. The van der Waals surface area contributed by atoms with Gasteiger partial charge < -0.3 is 15.2 Å². The van der Waals surface area contributed by atoms with Crippen molar-refractivity contribution in [2.24, 2.45) is 0 Å². The van der Waals surface area contributed by atoms with E-state index in [9.17, 15) is 22.8 Å². The zero-order valence-electron chi connectivity index (χ0n) is 9.83. The maximum absolute atomic E-state index is 11.8. The summed E-state index contributed by atoms with van der Waals surface area (Å²) < 4.78 is 39.6. The fourth-order valence-electron chi connectivity index (χ4n) is 1.25. The highest BCUT2D eigenvalue weighted by atomic mass is 35.5. The molecule has 1 aromatic carbocycles. The number of aromatic carboxylic acids is 1. The molecule has 0 fully saturated rings. The highest BCUT2D eigenvalue weighted by Crippen LogP contribution is 2.21. The Kier molecular flexibility index (Phi) is 5.34. The number of alkyl halides is 3. The molecule has 0 spiro atoms. The number of carbonyl (C=O) groups is 2. The van der Waals surface area contributed by atoms with Crippen molar-refractivity contribution in [2.75, 3.05) is 18.5 Å². The molecule has 0 saturated carbocycles. The van der Waals surface area contributed by atoms with E-state index in [2.05, 4.69) is 10.1 Å². The molecule has 0 bridgehead atoms. The summed E-state index contributed by atoms with van der Waals surface area (Å²) >= 11 is 5.64. The topological polar surface area (TPSA) is 75.6 Å². The van der Waals surface area contributed by atoms with E-state index in [0.29, 0.717) is 0 Å². The van der Waals surface area contributed by atoms with E-state index in [1.807, 2.05) is 0 Å². The minimum atomic E-state index is -4.54. The summed E-state index contributed by atoms with van der Waals surface area (Å²) in [6.07, 6.45) is -4.54. The zero-order valence-corrected chi connectivity index (χ0v) is 10.6. The molecule has 0 aromatic heterocycles. The fraction of sp³-hybridized carbons (Fsp3) is 0.273. The molecule has 0 radical (unpaired) electrons. The van der Waals surface area contributed by atoms with Gasteiger partial charge in [0, 0.05) is 5.02 Å². The van der Waals surface area contributed by atoms with Crippen LogP contribution in [0.5, 0.6) is 0 Å². The third-order valence-electron chi connectivity index (χ3n) is 1.98. The molecule has 0 heterocycles. The van der Waals surface area contributed by atoms with Crippen molar-refractivity contribution in [3.63, 3.8) is 0 Å². The molecule has 9 heteroatoms. The summed E-state index contributed by atoms with van der Waals surface area (Å²) in [6, 6.07) is 3.64. The third kappa shape index (κ3) is 5.45. The molecule has 0 atom stereocenters. The van der Waals surface area contributed by atoms with Crippen LogP contribution in [0.2, 0.25) is 5.02 Å². The maximum atomic E-state index is 11.8. The molecule has 1 rings (SSSR count). The van der Waals surface area contributed by atoms with Crippen molar-refractivity contribution in [2.45, 2.75) is 6.18 Å². The minimum Gasteiger partial charge on any atom is -0.478 e. The lowest BCUT2D eigenvalue weighted by atomic mass is 10.2. The van der Waals surface area contributed by atoms with Gasteiger partial charge in [0.2, 0.25) is 5.91 Å². The molecule has 0 unspecified atom stereocenters. The third-order valence-corrected chi connectivity index (χ3v) is 2.22. The normalized spacial score (nSPS) is 11.2. The van der Waals surface area contributed by atoms with Gasteiger partial charge >= 0.3 is 12.1 Å². The maximum Gasteiger partial charge on any atom is 0.411 e. The molecular weight excluding hydrogens is 303 g/mol. The Hall–Kier alpha value is -1.80. The summed E-state index contributed by atoms with van der Waals surface area (Å²) in [4.78, 5) is 22.2. The van der Waals surface area contributed by atoms with Crippen molar-refractivity contribution < 1.29 is 32.6 Å². The van der Waals surface area contributed by atoms with Gasteiger partial charge in [-0.05, 0) is 18.2 Å². The van der Waals surface area contributed by atoms with Gasteiger partial charge in [-0.15, -0.1) is 0 Å². The minimum absolute atomic E-state index is 0.120. The second kappa shape index (κ2) is 6.58. The molecule has 0 aliphatic heterocycles. The number of ether oxygens (including phenoxy) is 1. The van der Waals surface area contributed by atoms with Gasteiger partial charge in [0.25, 0.3) is 0 Å². The Morgan fingerprint density at radius 1 is 1.35 bits per heavy atom. The highest BCUT2D eigenvalue weighted by Gasteiger charge is 2.27. The summed E-state index contributed by atoms with van der Waals surface area (Å²) in [5.41, 5.74) is -0.357. The average molecular weight is 312 g/mol. The van der Waals surface area contributed by atoms with Gasteiger partial charge in [-0.2, -0.15) is 13.2 Å². The Labute approximate surface area is 116 Å². The van der Waals surface area contributed by atoms with Crippen LogP contribution in [0.4, 0.5) is 18.9 Å². The number of hydrogen-bond acceptors (Lipinski definition) is 3. The zero-order chi connectivity index (χ0) is 15.3. The molecule has 0 aliphatic carbocycles. The van der Waals surface area contributed by atoms with E-state index >= 15 is 0 Å². The number of nitrogens with one attached hydrogen (secondary N) is 1. The lowest BCUT2D eigenvalue weighted by Crippen LogP contribution is -2.24. The SMILES string of the molecule is O=C(COCC(F)(F)F)Nc1cc(Cl)ccc1C(=O)O. The van der Waals surface area contributed by atoms with Gasteiger partial charge in [0.1, 0.15) is 13.2 Å². The van der Waals surface area contributed by atoms with Gasteiger partial charge in [-0.3, -0.25) is 4.79 Å². The van der Waals surface area contributed by atoms with E-state index in [4.69, 9.17) is 16.7 Å². The van der Waals surface area contributed by atoms with Crippen molar-refractivity contribution >= 4 is 29.2 Å².